The van der Waals surface area contributed by atoms with Crippen LogP contribution in [0.4, 0.5) is 10.1 Å². The Balaban J connectivity index is 2.06. The summed E-state index contributed by atoms with van der Waals surface area (Å²) in [5.41, 5.74) is 3.02. The van der Waals surface area contributed by atoms with E-state index in [2.05, 4.69) is 21.2 Å². The summed E-state index contributed by atoms with van der Waals surface area (Å²) >= 11 is 9.09. The van der Waals surface area contributed by atoms with Gasteiger partial charge < -0.3 is 5.32 Å². The minimum atomic E-state index is -0.386. The molecule has 4 heteroatoms. The lowest BCUT2D eigenvalue weighted by Crippen LogP contribution is -2.00. The van der Waals surface area contributed by atoms with Crippen LogP contribution in [0.15, 0.2) is 40.9 Å². The molecule has 0 radical (unpaired) electrons. The Labute approximate surface area is 119 Å². The van der Waals surface area contributed by atoms with Gasteiger partial charge in [-0.15, -0.1) is 0 Å². The first-order valence-electron chi connectivity index (χ1n) is 5.50. The second kappa shape index (κ2) is 5.72. The Morgan fingerprint density at radius 2 is 2.00 bits per heavy atom. The first kappa shape index (κ1) is 13.4. The van der Waals surface area contributed by atoms with Gasteiger partial charge >= 0.3 is 0 Å². The number of hydrogen-bond donors (Lipinski definition) is 1. The maximum Gasteiger partial charge on any atom is 0.142 e. The number of benzene rings is 2. The van der Waals surface area contributed by atoms with E-state index in [0.29, 0.717) is 6.54 Å². The SMILES string of the molecule is Cc1cc(NCc2ccc(Cl)c(F)c2)ccc1Br. The molecule has 0 amide bonds. The predicted octanol–water partition coefficient (Wildman–Crippen LogP) is 5.16. The first-order valence-corrected chi connectivity index (χ1v) is 6.67. The van der Waals surface area contributed by atoms with Crippen molar-refractivity contribution in [2.75, 3.05) is 5.32 Å². The molecule has 0 saturated heterocycles. The van der Waals surface area contributed by atoms with E-state index in [9.17, 15) is 4.39 Å². The summed E-state index contributed by atoms with van der Waals surface area (Å²) < 4.78 is 14.3. The highest BCUT2D eigenvalue weighted by atomic mass is 79.9. The maximum atomic E-state index is 13.3. The minimum Gasteiger partial charge on any atom is -0.381 e. The van der Waals surface area contributed by atoms with Gasteiger partial charge in [0.15, 0.2) is 0 Å². The quantitative estimate of drug-likeness (QED) is 0.820. The minimum absolute atomic E-state index is 0.151. The third kappa shape index (κ3) is 3.24. The molecule has 2 rings (SSSR count). The summed E-state index contributed by atoms with van der Waals surface area (Å²) in [6.45, 7) is 2.59. The van der Waals surface area contributed by atoms with Gasteiger partial charge in [-0.3, -0.25) is 0 Å². The number of nitrogens with one attached hydrogen (secondary N) is 1. The highest BCUT2D eigenvalue weighted by Gasteiger charge is 2.01. The first-order chi connectivity index (χ1) is 8.56. The number of anilines is 1. The molecule has 0 bridgehead atoms. The summed E-state index contributed by atoms with van der Waals surface area (Å²) in [5, 5.41) is 3.40. The zero-order chi connectivity index (χ0) is 13.1. The summed E-state index contributed by atoms with van der Waals surface area (Å²) in [4.78, 5) is 0. The molecule has 0 aromatic heterocycles. The molecule has 1 N–H and O–H groups in total. The van der Waals surface area contributed by atoms with Crippen molar-refractivity contribution in [3.8, 4) is 0 Å². The van der Waals surface area contributed by atoms with Crippen LogP contribution in [0.5, 0.6) is 0 Å². The molecule has 0 fully saturated rings. The topological polar surface area (TPSA) is 12.0 Å². The number of halogens is 3. The van der Waals surface area contributed by atoms with Crippen LogP contribution in [-0.4, -0.2) is 0 Å². The van der Waals surface area contributed by atoms with E-state index in [0.717, 1.165) is 21.3 Å². The molecule has 1 nitrogen and oxygen atoms in total. The van der Waals surface area contributed by atoms with Gasteiger partial charge in [0.1, 0.15) is 5.82 Å². The van der Waals surface area contributed by atoms with Crippen molar-refractivity contribution < 1.29 is 4.39 Å². The van der Waals surface area contributed by atoms with E-state index < -0.39 is 0 Å². The molecular formula is C14H12BrClFN. The van der Waals surface area contributed by atoms with Crippen molar-refractivity contribution in [1.29, 1.82) is 0 Å². The van der Waals surface area contributed by atoms with E-state index in [1.165, 1.54) is 6.07 Å². The van der Waals surface area contributed by atoms with Gasteiger partial charge in [-0.2, -0.15) is 0 Å². The molecule has 0 saturated carbocycles. The van der Waals surface area contributed by atoms with Crippen molar-refractivity contribution >= 4 is 33.2 Å². The number of rotatable bonds is 3. The third-order valence-electron chi connectivity index (χ3n) is 2.64. The predicted molar refractivity (Wildman–Crippen MR) is 77.6 cm³/mol. The van der Waals surface area contributed by atoms with E-state index in [1.54, 1.807) is 6.07 Å². The number of hydrogen-bond acceptors (Lipinski definition) is 1. The normalized spacial score (nSPS) is 10.4. The summed E-state index contributed by atoms with van der Waals surface area (Å²) in [5.74, 6) is -0.386. The van der Waals surface area contributed by atoms with Gasteiger partial charge in [-0.25, -0.2) is 4.39 Å². The van der Waals surface area contributed by atoms with Gasteiger partial charge in [0.25, 0.3) is 0 Å². The van der Waals surface area contributed by atoms with Crippen LogP contribution in [0.1, 0.15) is 11.1 Å². The Morgan fingerprint density at radius 1 is 1.22 bits per heavy atom. The van der Waals surface area contributed by atoms with Crippen molar-refractivity contribution in [3.05, 3.63) is 62.8 Å². The fourth-order valence-corrected chi connectivity index (χ4v) is 1.97. The van der Waals surface area contributed by atoms with Gasteiger partial charge in [0.05, 0.1) is 5.02 Å². The van der Waals surface area contributed by atoms with Gasteiger partial charge in [-0.1, -0.05) is 33.6 Å². The van der Waals surface area contributed by atoms with E-state index >= 15 is 0 Å². The van der Waals surface area contributed by atoms with Crippen LogP contribution in [0.2, 0.25) is 5.02 Å². The smallest absolute Gasteiger partial charge is 0.142 e. The highest BCUT2D eigenvalue weighted by Crippen LogP contribution is 2.21. The zero-order valence-corrected chi connectivity index (χ0v) is 12.1. The largest absolute Gasteiger partial charge is 0.381 e. The van der Waals surface area contributed by atoms with Crippen molar-refractivity contribution in [2.45, 2.75) is 13.5 Å². The Hall–Kier alpha value is -1.06. The molecular weight excluding hydrogens is 317 g/mol. The Morgan fingerprint density at radius 3 is 2.67 bits per heavy atom. The Bertz CT molecular complexity index is 520. The van der Waals surface area contributed by atoms with Crippen LogP contribution in [0.25, 0.3) is 0 Å². The van der Waals surface area contributed by atoms with Crippen molar-refractivity contribution in [1.82, 2.24) is 0 Å². The lowest BCUT2D eigenvalue weighted by atomic mass is 10.2. The molecule has 0 aliphatic rings. The average Bonchev–Trinajstić information content (AvgIpc) is 2.35. The maximum absolute atomic E-state index is 13.3. The fourth-order valence-electron chi connectivity index (χ4n) is 1.61. The van der Waals surface area contributed by atoms with Crippen molar-refractivity contribution in [3.63, 3.8) is 0 Å². The van der Waals surface area contributed by atoms with Crippen LogP contribution in [-0.2, 0) is 6.54 Å². The lowest BCUT2D eigenvalue weighted by molar-refractivity contribution is 0.626. The zero-order valence-electron chi connectivity index (χ0n) is 9.81. The van der Waals surface area contributed by atoms with E-state index in [-0.39, 0.29) is 10.8 Å². The lowest BCUT2D eigenvalue weighted by Gasteiger charge is -2.08. The van der Waals surface area contributed by atoms with Crippen LogP contribution >= 0.6 is 27.5 Å². The summed E-state index contributed by atoms with van der Waals surface area (Å²) in [6.07, 6.45) is 0. The second-order valence-electron chi connectivity index (χ2n) is 4.07. The fraction of sp³-hybridized carbons (Fsp3) is 0.143. The van der Waals surface area contributed by atoms with E-state index in [4.69, 9.17) is 11.6 Å². The molecule has 0 heterocycles. The molecule has 0 atom stereocenters. The molecule has 2 aromatic carbocycles. The molecule has 2 aromatic rings. The average molecular weight is 329 g/mol. The summed E-state index contributed by atoms with van der Waals surface area (Å²) in [7, 11) is 0. The monoisotopic (exact) mass is 327 g/mol. The molecule has 0 aliphatic heterocycles. The van der Waals surface area contributed by atoms with E-state index in [1.807, 2.05) is 31.2 Å². The van der Waals surface area contributed by atoms with Crippen LogP contribution in [0.3, 0.4) is 0 Å². The van der Waals surface area contributed by atoms with Crippen LogP contribution < -0.4 is 5.32 Å². The standard InChI is InChI=1S/C14H12BrClFN/c1-9-6-11(3-4-12(9)15)18-8-10-2-5-13(16)14(17)7-10/h2-7,18H,8H2,1H3. The Kier molecular flexibility index (Phi) is 4.25. The van der Waals surface area contributed by atoms with Gasteiger partial charge in [-0.05, 0) is 48.4 Å². The van der Waals surface area contributed by atoms with Crippen molar-refractivity contribution in [2.24, 2.45) is 0 Å². The molecule has 94 valence electrons. The second-order valence-corrected chi connectivity index (χ2v) is 5.33. The summed E-state index contributed by atoms with van der Waals surface area (Å²) in [6, 6.07) is 10.8. The number of aryl methyl sites for hydroxylation is 1. The molecule has 0 spiro atoms. The molecule has 0 unspecified atom stereocenters. The third-order valence-corrected chi connectivity index (χ3v) is 3.83. The molecule has 0 aliphatic carbocycles. The van der Waals surface area contributed by atoms with Crippen LogP contribution in [0, 0.1) is 12.7 Å². The van der Waals surface area contributed by atoms with Gasteiger partial charge in [0.2, 0.25) is 0 Å². The highest BCUT2D eigenvalue weighted by molar-refractivity contribution is 9.10. The van der Waals surface area contributed by atoms with Gasteiger partial charge in [0, 0.05) is 16.7 Å². The molecule has 18 heavy (non-hydrogen) atoms.